The second-order valence-electron chi connectivity index (χ2n) is 5.46. The lowest BCUT2D eigenvalue weighted by Gasteiger charge is -2.13. The molecule has 2 aromatic rings. The molecule has 0 spiro atoms. The number of nitrogens with one attached hydrogen (secondary N) is 3. The minimum Gasteiger partial charge on any atom is -0.376 e. The number of hydrogen-bond donors (Lipinski definition) is 3. The van der Waals surface area contributed by atoms with E-state index in [9.17, 15) is 22.8 Å². The van der Waals surface area contributed by atoms with Crippen LogP contribution in [-0.2, 0) is 11.3 Å². The quantitative estimate of drug-likeness (QED) is 0.707. The molecule has 0 bridgehead atoms. The molecule has 0 heterocycles. The van der Waals surface area contributed by atoms with Crippen LogP contribution >= 0.6 is 0 Å². The summed E-state index contributed by atoms with van der Waals surface area (Å²) in [4.78, 5) is 23.8. The van der Waals surface area contributed by atoms with Gasteiger partial charge in [0.05, 0.1) is 12.1 Å². The fraction of sp³-hybridized carbons (Fsp3) is 0.222. The second-order valence-corrected chi connectivity index (χ2v) is 5.46. The van der Waals surface area contributed by atoms with Gasteiger partial charge in [0.25, 0.3) is 5.91 Å². The zero-order valence-corrected chi connectivity index (χ0v) is 13.8. The van der Waals surface area contributed by atoms with E-state index in [4.69, 9.17) is 0 Å². The summed E-state index contributed by atoms with van der Waals surface area (Å²) < 4.78 is 36.7. The van der Waals surface area contributed by atoms with E-state index in [2.05, 4.69) is 10.6 Å². The van der Waals surface area contributed by atoms with Crippen molar-refractivity contribution in [3.8, 4) is 0 Å². The van der Waals surface area contributed by atoms with Crippen LogP contribution in [0.4, 0.5) is 18.9 Å². The standard InChI is InChI=1S/C18H18F3N3O2/c19-18(20,21)12-24-17(26)14-8-4-5-9-15(14)22-11-16(25)23-10-13-6-2-1-3-7-13/h1-9,22H,10-12H2,(H,23,25)(H,24,26). The van der Waals surface area contributed by atoms with Gasteiger partial charge < -0.3 is 16.0 Å². The largest absolute Gasteiger partial charge is 0.405 e. The number of halogens is 3. The Morgan fingerprint density at radius 2 is 1.54 bits per heavy atom. The van der Waals surface area contributed by atoms with Gasteiger partial charge in [-0.05, 0) is 17.7 Å². The Morgan fingerprint density at radius 1 is 0.885 bits per heavy atom. The zero-order chi connectivity index (χ0) is 19.0. The average Bonchev–Trinajstić information content (AvgIpc) is 2.63. The summed E-state index contributed by atoms with van der Waals surface area (Å²) in [6, 6.07) is 15.4. The highest BCUT2D eigenvalue weighted by molar-refractivity contribution is 6.00. The Labute approximate surface area is 148 Å². The van der Waals surface area contributed by atoms with Crippen LogP contribution in [0.25, 0.3) is 0 Å². The van der Waals surface area contributed by atoms with Crippen molar-refractivity contribution in [1.29, 1.82) is 0 Å². The Kier molecular flexibility index (Phi) is 6.60. The number of carbonyl (C=O) groups excluding carboxylic acids is 2. The van der Waals surface area contributed by atoms with E-state index in [1.165, 1.54) is 18.2 Å². The van der Waals surface area contributed by atoms with Gasteiger partial charge in [-0.2, -0.15) is 13.2 Å². The first kappa shape index (κ1) is 19.3. The number of amides is 2. The third-order valence-corrected chi connectivity index (χ3v) is 3.39. The molecule has 0 saturated heterocycles. The smallest absolute Gasteiger partial charge is 0.376 e. The number of rotatable bonds is 7. The number of benzene rings is 2. The normalized spacial score (nSPS) is 10.9. The van der Waals surface area contributed by atoms with Gasteiger partial charge in [-0.1, -0.05) is 42.5 Å². The number of alkyl halides is 3. The van der Waals surface area contributed by atoms with E-state index in [1.54, 1.807) is 6.07 Å². The maximum absolute atomic E-state index is 12.2. The molecule has 26 heavy (non-hydrogen) atoms. The first-order valence-corrected chi connectivity index (χ1v) is 7.83. The third-order valence-electron chi connectivity index (χ3n) is 3.39. The van der Waals surface area contributed by atoms with Gasteiger partial charge in [0, 0.05) is 12.2 Å². The molecule has 0 atom stereocenters. The Hall–Kier alpha value is -3.03. The molecule has 0 unspecified atom stereocenters. The lowest BCUT2D eigenvalue weighted by molar-refractivity contribution is -0.123. The summed E-state index contributed by atoms with van der Waals surface area (Å²) in [5, 5.41) is 7.29. The number of para-hydroxylation sites is 1. The lowest BCUT2D eigenvalue weighted by Crippen LogP contribution is -2.34. The molecule has 138 valence electrons. The average molecular weight is 365 g/mol. The van der Waals surface area contributed by atoms with E-state index in [1.807, 2.05) is 35.6 Å². The van der Waals surface area contributed by atoms with E-state index in [0.717, 1.165) is 5.56 Å². The van der Waals surface area contributed by atoms with Crippen LogP contribution in [0.3, 0.4) is 0 Å². The van der Waals surface area contributed by atoms with Crippen LogP contribution in [0.15, 0.2) is 54.6 Å². The van der Waals surface area contributed by atoms with Crippen molar-refractivity contribution in [3.05, 3.63) is 65.7 Å². The van der Waals surface area contributed by atoms with Gasteiger partial charge >= 0.3 is 6.18 Å². The molecule has 0 aromatic heterocycles. The van der Waals surface area contributed by atoms with Gasteiger partial charge in [-0.3, -0.25) is 9.59 Å². The van der Waals surface area contributed by atoms with Gasteiger partial charge in [0.1, 0.15) is 6.54 Å². The number of hydrogen-bond acceptors (Lipinski definition) is 3. The summed E-state index contributed by atoms with van der Waals surface area (Å²) in [5.41, 5.74) is 1.25. The molecule has 0 saturated carbocycles. The van der Waals surface area contributed by atoms with Crippen LogP contribution in [0.2, 0.25) is 0 Å². The third kappa shape index (κ3) is 6.46. The zero-order valence-electron chi connectivity index (χ0n) is 13.8. The van der Waals surface area contributed by atoms with Crippen molar-refractivity contribution >= 4 is 17.5 Å². The van der Waals surface area contributed by atoms with Crippen molar-refractivity contribution in [2.45, 2.75) is 12.7 Å². The van der Waals surface area contributed by atoms with Crippen molar-refractivity contribution in [2.75, 3.05) is 18.4 Å². The molecule has 2 amide bonds. The SMILES string of the molecule is O=C(CNc1ccccc1C(=O)NCC(F)(F)F)NCc1ccccc1. The van der Waals surface area contributed by atoms with Crippen molar-refractivity contribution in [1.82, 2.24) is 10.6 Å². The fourth-order valence-corrected chi connectivity index (χ4v) is 2.15. The molecule has 3 N–H and O–H groups in total. The Balaban J connectivity index is 1.89. The van der Waals surface area contributed by atoms with E-state index < -0.39 is 18.6 Å². The van der Waals surface area contributed by atoms with E-state index in [0.29, 0.717) is 6.54 Å². The first-order valence-electron chi connectivity index (χ1n) is 7.83. The van der Waals surface area contributed by atoms with Crippen LogP contribution in [0.5, 0.6) is 0 Å². The summed E-state index contributed by atoms with van der Waals surface area (Å²) in [5.74, 6) is -1.17. The number of anilines is 1. The van der Waals surface area contributed by atoms with Gasteiger partial charge in [0.15, 0.2) is 0 Å². The van der Waals surface area contributed by atoms with Crippen LogP contribution in [0, 0.1) is 0 Å². The highest BCUT2D eigenvalue weighted by Crippen LogP contribution is 2.16. The second kappa shape index (κ2) is 8.89. The topological polar surface area (TPSA) is 70.2 Å². The molecule has 0 radical (unpaired) electrons. The van der Waals surface area contributed by atoms with Crippen molar-refractivity contribution in [3.63, 3.8) is 0 Å². The summed E-state index contributed by atoms with van der Waals surface area (Å²) in [7, 11) is 0. The molecule has 8 heteroatoms. The molecular formula is C18H18F3N3O2. The van der Waals surface area contributed by atoms with Gasteiger partial charge in [-0.25, -0.2) is 0 Å². The Morgan fingerprint density at radius 3 is 2.23 bits per heavy atom. The van der Waals surface area contributed by atoms with E-state index >= 15 is 0 Å². The lowest BCUT2D eigenvalue weighted by atomic mass is 10.1. The minimum absolute atomic E-state index is 0.0348. The van der Waals surface area contributed by atoms with Crippen molar-refractivity contribution in [2.24, 2.45) is 0 Å². The molecule has 0 aliphatic rings. The molecule has 2 rings (SSSR count). The highest BCUT2D eigenvalue weighted by atomic mass is 19.4. The van der Waals surface area contributed by atoms with Crippen LogP contribution in [-0.4, -0.2) is 31.1 Å². The summed E-state index contributed by atoms with van der Waals surface area (Å²) >= 11 is 0. The molecule has 2 aromatic carbocycles. The fourth-order valence-electron chi connectivity index (χ4n) is 2.15. The molecule has 5 nitrogen and oxygen atoms in total. The predicted molar refractivity (Wildman–Crippen MR) is 91.6 cm³/mol. The van der Waals surface area contributed by atoms with Crippen molar-refractivity contribution < 1.29 is 22.8 Å². The van der Waals surface area contributed by atoms with Crippen LogP contribution in [0.1, 0.15) is 15.9 Å². The van der Waals surface area contributed by atoms with Gasteiger partial charge in [-0.15, -0.1) is 0 Å². The monoisotopic (exact) mass is 365 g/mol. The first-order chi connectivity index (χ1) is 12.3. The maximum atomic E-state index is 12.2. The summed E-state index contributed by atoms with van der Waals surface area (Å²) in [6.07, 6.45) is -4.49. The predicted octanol–water partition coefficient (Wildman–Crippen LogP) is 2.71. The summed E-state index contributed by atoms with van der Waals surface area (Å²) in [6.45, 7) is -1.18. The molecule has 0 fully saturated rings. The molecular weight excluding hydrogens is 347 g/mol. The molecule has 0 aliphatic carbocycles. The molecule has 0 aliphatic heterocycles. The number of carbonyl (C=O) groups is 2. The van der Waals surface area contributed by atoms with E-state index in [-0.39, 0.29) is 23.7 Å². The van der Waals surface area contributed by atoms with Gasteiger partial charge in [0.2, 0.25) is 5.91 Å². The van der Waals surface area contributed by atoms with Crippen LogP contribution < -0.4 is 16.0 Å². The Bertz CT molecular complexity index is 749. The highest BCUT2D eigenvalue weighted by Gasteiger charge is 2.28. The maximum Gasteiger partial charge on any atom is 0.405 e. The minimum atomic E-state index is -4.49.